The van der Waals surface area contributed by atoms with Crippen molar-refractivity contribution in [3.05, 3.63) is 52.4 Å². The van der Waals surface area contributed by atoms with E-state index in [9.17, 15) is 4.79 Å². The average molecular weight is 341 g/mol. The van der Waals surface area contributed by atoms with Crippen LogP contribution >= 0.6 is 0 Å². The van der Waals surface area contributed by atoms with Gasteiger partial charge in [0.1, 0.15) is 5.56 Å². The van der Waals surface area contributed by atoms with Gasteiger partial charge >= 0.3 is 0 Å². The van der Waals surface area contributed by atoms with Gasteiger partial charge in [0, 0.05) is 38.6 Å². The van der Waals surface area contributed by atoms with Crippen molar-refractivity contribution in [3.63, 3.8) is 0 Å². The fraction of sp³-hybridized carbons (Fsp3) is 0.500. The van der Waals surface area contributed by atoms with Crippen LogP contribution in [0.1, 0.15) is 52.7 Å². The lowest BCUT2D eigenvalue weighted by atomic mass is 10.0. The van der Waals surface area contributed by atoms with E-state index < -0.39 is 0 Å². The van der Waals surface area contributed by atoms with E-state index in [1.807, 2.05) is 25.7 Å². The fourth-order valence-electron chi connectivity index (χ4n) is 3.34. The monoisotopic (exact) mass is 341 g/mol. The quantitative estimate of drug-likeness (QED) is 0.855. The average Bonchev–Trinajstić information content (AvgIpc) is 2.99. The highest BCUT2D eigenvalue weighted by molar-refractivity contribution is 5.96. The molecule has 3 rings (SSSR count). The van der Waals surface area contributed by atoms with E-state index in [0.717, 1.165) is 32.7 Å². The number of aromatic nitrogens is 1. The molecule has 1 aliphatic rings. The Morgan fingerprint density at radius 2 is 1.84 bits per heavy atom. The maximum atomic E-state index is 12.9. The van der Waals surface area contributed by atoms with Crippen molar-refractivity contribution in [2.75, 3.05) is 26.2 Å². The van der Waals surface area contributed by atoms with E-state index in [4.69, 9.17) is 4.52 Å². The minimum Gasteiger partial charge on any atom is -0.360 e. The normalized spacial score (nSPS) is 15.8. The fourth-order valence-corrected chi connectivity index (χ4v) is 3.34. The van der Waals surface area contributed by atoms with Gasteiger partial charge in [-0.15, -0.1) is 0 Å². The number of carbonyl (C=O) groups is 1. The topological polar surface area (TPSA) is 49.6 Å². The highest BCUT2D eigenvalue weighted by Gasteiger charge is 2.29. The highest BCUT2D eigenvalue weighted by Crippen LogP contribution is 2.24. The van der Waals surface area contributed by atoms with Gasteiger partial charge in [0.25, 0.3) is 5.91 Å². The maximum absolute atomic E-state index is 12.9. The highest BCUT2D eigenvalue weighted by atomic mass is 16.5. The molecule has 0 unspecified atom stereocenters. The lowest BCUT2D eigenvalue weighted by Crippen LogP contribution is -2.48. The van der Waals surface area contributed by atoms with Crippen LogP contribution in [-0.2, 0) is 6.54 Å². The van der Waals surface area contributed by atoms with Gasteiger partial charge in [-0.1, -0.05) is 43.3 Å². The standard InChI is InChI=1S/C20H27N3O2/c1-14(2)19-18(16(4)21-25-19)20(24)23-11-9-22(10-12-23)13-17-8-6-5-7-15(17)3/h5-8,14H,9-13H2,1-4H3. The molecule has 5 nitrogen and oxygen atoms in total. The van der Waals surface area contributed by atoms with Crippen LogP contribution in [-0.4, -0.2) is 47.0 Å². The third-order valence-electron chi connectivity index (χ3n) is 4.94. The molecule has 0 radical (unpaired) electrons. The molecule has 0 bridgehead atoms. The maximum Gasteiger partial charge on any atom is 0.259 e. The van der Waals surface area contributed by atoms with E-state index >= 15 is 0 Å². The molecule has 0 N–H and O–H groups in total. The number of hydrogen-bond donors (Lipinski definition) is 0. The SMILES string of the molecule is Cc1ccccc1CN1CCN(C(=O)c2c(C)noc2C(C)C)CC1. The van der Waals surface area contributed by atoms with E-state index in [2.05, 4.69) is 41.2 Å². The lowest BCUT2D eigenvalue weighted by molar-refractivity contribution is 0.0625. The molecule has 1 aromatic carbocycles. The number of hydrogen-bond acceptors (Lipinski definition) is 4. The second-order valence-electron chi connectivity index (χ2n) is 7.16. The van der Waals surface area contributed by atoms with Crippen LogP contribution in [0.15, 0.2) is 28.8 Å². The Labute approximate surface area is 149 Å². The molecule has 1 aliphatic heterocycles. The molecule has 1 saturated heterocycles. The Kier molecular flexibility index (Phi) is 5.23. The molecule has 0 atom stereocenters. The third-order valence-corrected chi connectivity index (χ3v) is 4.94. The van der Waals surface area contributed by atoms with E-state index in [1.165, 1.54) is 11.1 Å². The first kappa shape index (κ1) is 17.7. The molecule has 1 fully saturated rings. The number of amides is 1. The van der Waals surface area contributed by atoms with Gasteiger partial charge in [-0.2, -0.15) is 0 Å². The summed E-state index contributed by atoms with van der Waals surface area (Å²) in [5.74, 6) is 0.908. The predicted molar refractivity (Wildman–Crippen MR) is 97.7 cm³/mol. The van der Waals surface area contributed by atoms with Gasteiger partial charge in [0.2, 0.25) is 0 Å². The Hall–Kier alpha value is -2.14. The molecule has 1 aromatic heterocycles. The van der Waals surface area contributed by atoms with Crippen molar-refractivity contribution in [2.24, 2.45) is 0 Å². The smallest absolute Gasteiger partial charge is 0.259 e. The molecule has 0 saturated carbocycles. The van der Waals surface area contributed by atoms with Crippen LogP contribution in [0.25, 0.3) is 0 Å². The van der Waals surface area contributed by atoms with Gasteiger partial charge in [-0.3, -0.25) is 9.69 Å². The van der Waals surface area contributed by atoms with E-state index in [-0.39, 0.29) is 11.8 Å². The minimum absolute atomic E-state index is 0.0537. The summed E-state index contributed by atoms with van der Waals surface area (Å²) in [6.45, 7) is 12.3. The van der Waals surface area contributed by atoms with Gasteiger partial charge < -0.3 is 9.42 Å². The molecular formula is C20H27N3O2. The Morgan fingerprint density at radius 3 is 2.48 bits per heavy atom. The van der Waals surface area contributed by atoms with Crippen molar-refractivity contribution >= 4 is 5.91 Å². The summed E-state index contributed by atoms with van der Waals surface area (Å²) in [6.07, 6.45) is 0. The first-order chi connectivity index (χ1) is 12.0. The van der Waals surface area contributed by atoms with Crippen molar-refractivity contribution < 1.29 is 9.32 Å². The number of nitrogens with zero attached hydrogens (tertiary/aromatic N) is 3. The summed E-state index contributed by atoms with van der Waals surface area (Å²) in [4.78, 5) is 17.3. The van der Waals surface area contributed by atoms with Gasteiger partial charge in [-0.25, -0.2) is 0 Å². The van der Waals surface area contributed by atoms with Gasteiger partial charge in [0.15, 0.2) is 5.76 Å². The summed E-state index contributed by atoms with van der Waals surface area (Å²) in [5.41, 5.74) is 4.03. The van der Waals surface area contributed by atoms with Crippen LogP contribution in [0.4, 0.5) is 0 Å². The Balaban J connectivity index is 1.64. The molecule has 2 heterocycles. The van der Waals surface area contributed by atoms with Crippen LogP contribution in [0.3, 0.4) is 0 Å². The minimum atomic E-state index is 0.0537. The largest absolute Gasteiger partial charge is 0.360 e. The third kappa shape index (κ3) is 3.76. The molecule has 0 spiro atoms. The van der Waals surface area contributed by atoms with Crippen LogP contribution < -0.4 is 0 Å². The zero-order valence-corrected chi connectivity index (χ0v) is 15.6. The summed E-state index contributed by atoms with van der Waals surface area (Å²) < 4.78 is 5.37. The number of aryl methyl sites for hydroxylation is 2. The summed E-state index contributed by atoms with van der Waals surface area (Å²) >= 11 is 0. The number of benzene rings is 1. The first-order valence-corrected chi connectivity index (χ1v) is 8.99. The second kappa shape index (κ2) is 7.40. The lowest BCUT2D eigenvalue weighted by Gasteiger charge is -2.35. The van der Waals surface area contributed by atoms with Crippen LogP contribution in [0.2, 0.25) is 0 Å². The molecular weight excluding hydrogens is 314 g/mol. The van der Waals surface area contributed by atoms with Gasteiger partial charge in [0.05, 0.1) is 5.69 Å². The van der Waals surface area contributed by atoms with Crippen molar-refractivity contribution in [2.45, 2.75) is 40.2 Å². The number of piperazine rings is 1. The second-order valence-corrected chi connectivity index (χ2v) is 7.16. The summed E-state index contributed by atoms with van der Waals surface area (Å²) in [6, 6.07) is 8.49. The molecule has 25 heavy (non-hydrogen) atoms. The molecule has 134 valence electrons. The molecule has 1 amide bonds. The van der Waals surface area contributed by atoms with Gasteiger partial charge in [-0.05, 0) is 25.0 Å². The first-order valence-electron chi connectivity index (χ1n) is 8.99. The summed E-state index contributed by atoms with van der Waals surface area (Å²) in [7, 11) is 0. The van der Waals surface area contributed by atoms with E-state index in [0.29, 0.717) is 17.0 Å². The predicted octanol–water partition coefficient (Wildman–Crippen LogP) is 3.37. The Bertz CT molecular complexity index is 743. The van der Waals surface area contributed by atoms with Crippen molar-refractivity contribution in [1.82, 2.24) is 15.0 Å². The van der Waals surface area contributed by atoms with E-state index in [1.54, 1.807) is 0 Å². The van der Waals surface area contributed by atoms with Crippen LogP contribution in [0, 0.1) is 13.8 Å². The van der Waals surface area contributed by atoms with Crippen molar-refractivity contribution in [1.29, 1.82) is 0 Å². The Morgan fingerprint density at radius 1 is 1.16 bits per heavy atom. The molecule has 5 heteroatoms. The number of carbonyl (C=O) groups excluding carboxylic acids is 1. The molecule has 2 aromatic rings. The summed E-state index contributed by atoms with van der Waals surface area (Å²) in [5, 5.41) is 4.00. The van der Waals surface area contributed by atoms with Crippen molar-refractivity contribution in [3.8, 4) is 0 Å². The molecule has 0 aliphatic carbocycles. The zero-order chi connectivity index (χ0) is 18.0. The zero-order valence-electron chi connectivity index (χ0n) is 15.6. The van der Waals surface area contributed by atoms with Crippen LogP contribution in [0.5, 0.6) is 0 Å². The number of rotatable bonds is 4.